The first kappa shape index (κ1) is 7.35. The Hall–Kier alpha value is -1.31. The molecule has 0 spiro atoms. The molecule has 0 saturated heterocycles. The first-order valence-corrected chi connectivity index (χ1v) is 4.10. The van der Waals surface area contributed by atoms with Crippen molar-refractivity contribution in [1.29, 1.82) is 0 Å². The molecular weight excluding hydrogens is 150 g/mol. The predicted molar refractivity (Wildman–Crippen MR) is 47.4 cm³/mol. The van der Waals surface area contributed by atoms with Crippen LogP contribution in [0.1, 0.15) is 29.1 Å². The van der Waals surface area contributed by atoms with Crippen LogP contribution in [0.5, 0.6) is 0 Å². The summed E-state index contributed by atoms with van der Waals surface area (Å²) in [5.74, 6) is 0.112. The number of aromatic nitrogens is 1. The van der Waals surface area contributed by atoms with Gasteiger partial charge in [-0.15, -0.1) is 0 Å². The summed E-state index contributed by atoms with van der Waals surface area (Å²) in [4.78, 5) is 11.3. The topological polar surface area (TPSA) is 22.0 Å². The van der Waals surface area contributed by atoms with Crippen LogP contribution in [0.3, 0.4) is 0 Å². The molecule has 0 radical (unpaired) electrons. The van der Waals surface area contributed by atoms with E-state index < -0.39 is 0 Å². The predicted octanol–water partition coefficient (Wildman–Crippen LogP) is 2.11. The molecule has 0 amide bonds. The fourth-order valence-corrected chi connectivity index (χ4v) is 1.69. The van der Waals surface area contributed by atoms with E-state index in [1.807, 2.05) is 25.1 Å². The summed E-state index contributed by atoms with van der Waals surface area (Å²) in [7, 11) is 0. The lowest BCUT2D eigenvalue weighted by Crippen LogP contribution is -2.16. The molecule has 0 saturated carbocycles. The SMILES string of the molecule is Cc1ccc2n1C(C)C=CC2=O. The number of carbonyl (C=O) groups is 1. The Morgan fingerprint density at radius 2 is 2.17 bits per heavy atom. The van der Waals surface area contributed by atoms with E-state index in [1.54, 1.807) is 6.08 Å². The zero-order valence-electron chi connectivity index (χ0n) is 7.24. The van der Waals surface area contributed by atoms with Gasteiger partial charge in [0.25, 0.3) is 0 Å². The molecule has 0 aliphatic carbocycles. The molecule has 0 fully saturated rings. The largest absolute Gasteiger partial charge is 0.336 e. The lowest BCUT2D eigenvalue weighted by molar-refractivity contribution is 0.103. The van der Waals surface area contributed by atoms with Gasteiger partial charge in [-0.25, -0.2) is 0 Å². The maximum Gasteiger partial charge on any atom is 0.201 e. The molecule has 0 N–H and O–H groups in total. The number of nitrogens with zero attached hydrogens (tertiary/aromatic N) is 1. The fraction of sp³-hybridized carbons (Fsp3) is 0.300. The van der Waals surface area contributed by atoms with Crippen molar-refractivity contribution in [3.63, 3.8) is 0 Å². The summed E-state index contributed by atoms with van der Waals surface area (Å²) in [6, 6.07) is 4.18. The van der Waals surface area contributed by atoms with Crippen LogP contribution in [0.2, 0.25) is 0 Å². The number of hydrogen-bond donors (Lipinski definition) is 0. The molecule has 0 aromatic carbocycles. The molecule has 1 unspecified atom stereocenters. The van der Waals surface area contributed by atoms with Crippen LogP contribution in [0.15, 0.2) is 24.3 Å². The lowest BCUT2D eigenvalue weighted by Gasteiger charge is -2.18. The lowest BCUT2D eigenvalue weighted by atomic mass is 10.1. The van der Waals surface area contributed by atoms with Crippen molar-refractivity contribution in [2.24, 2.45) is 0 Å². The van der Waals surface area contributed by atoms with E-state index in [2.05, 4.69) is 11.5 Å². The highest BCUT2D eigenvalue weighted by Crippen LogP contribution is 2.21. The Balaban J connectivity index is 2.64. The van der Waals surface area contributed by atoms with Gasteiger partial charge in [0, 0.05) is 11.7 Å². The molecule has 0 bridgehead atoms. The molecule has 2 heteroatoms. The van der Waals surface area contributed by atoms with Crippen molar-refractivity contribution in [2.45, 2.75) is 19.9 Å². The second kappa shape index (κ2) is 2.34. The summed E-state index contributed by atoms with van der Waals surface area (Å²) in [5.41, 5.74) is 1.96. The van der Waals surface area contributed by atoms with Crippen molar-refractivity contribution in [2.75, 3.05) is 0 Å². The van der Waals surface area contributed by atoms with Gasteiger partial charge in [0.2, 0.25) is 5.78 Å². The molecule has 62 valence electrons. The number of rotatable bonds is 0. The highest BCUT2D eigenvalue weighted by atomic mass is 16.1. The molecule has 2 rings (SSSR count). The quantitative estimate of drug-likeness (QED) is 0.571. The average molecular weight is 161 g/mol. The van der Waals surface area contributed by atoms with Gasteiger partial charge < -0.3 is 4.57 Å². The van der Waals surface area contributed by atoms with E-state index in [-0.39, 0.29) is 5.78 Å². The van der Waals surface area contributed by atoms with Crippen LogP contribution < -0.4 is 0 Å². The summed E-state index contributed by atoms with van der Waals surface area (Å²) < 4.78 is 2.06. The van der Waals surface area contributed by atoms with Gasteiger partial charge in [0.05, 0.1) is 5.69 Å². The molecule has 2 heterocycles. The van der Waals surface area contributed by atoms with Crippen molar-refractivity contribution in [1.82, 2.24) is 4.57 Å². The summed E-state index contributed by atoms with van der Waals surface area (Å²) in [5, 5.41) is 0. The number of hydrogen-bond acceptors (Lipinski definition) is 1. The number of aryl methyl sites for hydroxylation is 1. The number of allylic oxidation sites excluding steroid dienone is 2. The standard InChI is InChI=1S/C10H11NO/c1-7-3-5-9-10(12)6-4-8(2)11(7)9/h3-6,8H,1-2H3. The molecular formula is C10H11NO. The van der Waals surface area contributed by atoms with Gasteiger partial charge in [-0.05, 0) is 32.1 Å². The molecule has 1 atom stereocenters. The minimum absolute atomic E-state index is 0.112. The van der Waals surface area contributed by atoms with Crippen LogP contribution >= 0.6 is 0 Å². The molecule has 12 heavy (non-hydrogen) atoms. The second-order valence-electron chi connectivity index (χ2n) is 3.19. The van der Waals surface area contributed by atoms with E-state index in [0.717, 1.165) is 11.4 Å². The van der Waals surface area contributed by atoms with Crippen LogP contribution in [0, 0.1) is 6.92 Å². The number of ketones is 1. The first-order chi connectivity index (χ1) is 5.70. The van der Waals surface area contributed by atoms with E-state index in [9.17, 15) is 4.79 Å². The average Bonchev–Trinajstić information content (AvgIpc) is 2.42. The molecule has 1 aromatic heterocycles. The van der Waals surface area contributed by atoms with Crippen LogP contribution in [0.4, 0.5) is 0 Å². The summed E-state index contributed by atoms with van der Waals surface area (Å²) in [6.45, 7) is 4.10. The third-order valence-electron chi connectivity index (χ3n) is 2.31. The number of carbonyl (C=O) groups excluding carboxylic acids is 1. The summed E-state index contributed by atoms with van der Waals surface area (Å²) >= 11 is 0. The highest BCUT2D eigenvalue weighted by Gasteiger charge is 2.17. The van der Waals surface area contributed by atoms with Crippen molar-refractivity contribution in [3.05, 3.63) is 35.7 Å². The Bertz CT molecular complexity index is 360. The number of fused-ring (bicyclic) bond motifs is 1. The van der Waals surface area contributed by atoms with Crippen LogP contribution in [-0.2, 0) is 0 Å². The van der Waals surface area contributed by atoms with Gasteiger partial charge in [-0.1, -0.05) is 6.08 Å². The van der Waals surface area contributed by atoms with E-state index >= 15 is 0 Å². The normalized spacial score (nSPS) is 21.2. The Morgan fingerprint density at radius 1 is 1.42 bits per heavy atom. The third-order valence-corrected chi connectivity index (χ3v) is 2.31. The van der Waals surface area contributed by atoms with Crippen molar-refractivity contribution in [3.8, 4) is 0 Å². The van der Waals surface area contributed by atoms with E-state index in [1.165, 1.54) is 0 Å². The first-order valence-electron chi connectivity index (χ1n) is 4.10. The maximum atomic E-state index is 11.3. The Morgan fingerprint density at radius 3 is 2.83 bits per heavy atom. The minimum Gasteiger partial charge on any atom is -0.336 e. The highest BCUT2D eigenvalue weighted by molar-refractivity contribution is 6.04. The monoisotopic (exact) mass is 161 g/mol. The van der Waals surface area contributed by atoms with E-state index in [0.29, 0.717) is 6.04 Å². The van der Waals surface area contributed by atoms with Crippen LogP contribution in [-0.4, -0.2) is 10.4 Å². The second-order valence-corrected chi connectivity index (χ2v) is 3.19. The van der Waals surface area contributed by atoms with Crippen LogP contribution in [0.25, 0.3) is 0 Å². The van der Waals surface area contributed by atoms with Gasteiger partial charge in [0.15, 0.2) is 0 Å². The van der Waals surface area contributed by atoms with Gasteiger partial charge >= 0.3 is 0 Å². The Kier molecular flexibility index (Phi) is 1.43. The van der Waals surface area contributed by atoms with Crippen molar-refractivity contribution < 1.29 is 4.79 Å². The van der Waals surface area contributed by atoms with Gasteiger partial charge in [0.1, 0.15) is 0 Å². The maximum absolute atomic E-state index is 11.3. The van der Waals surface area contributed by atoms with Crippen molar-refractivity contribution >= 4 is 5.78 Å². The minimum atomic E-state index is 0.112. The molecule has 2 nitrogen and oxygen atoms in total. The smallest absolute Gasteiger partial charge is 0.201 e. The fourth-order valence-electron chi connectivity index (χ4n) is 1.69. The summed E-state index contributed by atoms with van der Waals surface area (Å²) in [6.07, 6.45) is 3.59. The van der Waals surface area contributed by atoms with Gasteiger partial charge in [-0.2, -0.15) is 0 Å². The van der Waals surface area contributed by atoms with Gasteiger partial charge in [-0.3, -0.25) is 4.79 Å². The Labute approximate surface area is 71.5 Å². The molecule has 1 aliphatic heterocycles. The molecule has 1 aliphatic rings. The third kappa shape index (κ3) is 0.843. The van der Waals surface area contributed by atoms with E-state index in [4.69, 9.17) is 0 Å². The zero-order valence-corrected chi connectivity index (χ0v) is 7.24. The molecule has 1 aromatic rings. The zero-order chi connectivity index (χ0) is 8.72.